The molecule has 0 amide bonds. The Morgan fingerprint density at radius 2 is 1.93 bits per heavy atom. The van der Waals surface area contributed by atoms with Gasteiger partial charge in [-0.1, -0.05) is 30.3 Å². The largest absolute Gasteiger partial charge is 0.465 e. The molecule has 0 saturated carbocycles. The maximum absolute atomic E-state index is 12.3. The normalized spacial score (nSPS) is 19.6. The molecule has 0 radical (unpaired) electrons. The molecule has 0 spiro atoms. The smallest absolute Gasteiger partial charge is 0.340 e. The highest BCUT2D eigenvalue weighted by molar-refractivity contribution is 7.80. The first-order valence-corrected chi connectivity index (χ1v) is 10.6. The first-order valence-electron chi connectivity index (χ1n) is 9.34. The summed E-state index contributed by atoms with van der Waals surface area (Å²) >= 11 is 7.27. The van der Waals surface area contributed by atoms with Gasteiger partial charge in [0, 0.05) is 23.4 Å². The van der Waals surface area contributed by atoms with Gasteiger partial charge in [-0.2, -0.15) is 0 Å². The number of carbonyl (C=O) groups excluding carboxylic acids is 1. The number of methoxy groups -OCH3 is 1. The number of anilines is 1. The Morgan fingerprint density at radius 1 is 1.26 bits per heavy atom. The minimum Gasteiger partial charge on any atom is -0.465 e. The first kappa shape index (κ1) is 19.8. The number of rotatable bonds is 4. The number of nitrogens with one attached hydrogen (secondary N) is 1. The zero-order valence-electron chi connectivity index (χ0n) is 16.0. The van der Waals surface area contributed by atoms with Crippen LogP contribution < -0.4 is 5.32 Å². The quantitative estimate of drug-likeness (QED) is 0.570. The SMILES string of the molecule is COC(=O)c1cc(Cc2ccccc2)sc1NC(=S)N1C(C)CCCC1C. The van der Waals surface area contributed by atoms with Crippen molar-refractivity contribution in [1.82, 2.24) is 4.90 Å². The summed E-state index contributed by atoms with van der Waals surface area (Å²) in [6.07, 6.45) is 4.29. The fourth-order valence-corrected chi connectivity index (χ4v) is 5.27. The summed E-state index contributed by atoms with van der Waals surface area (Å²) in [6, 6.07) is 13.0. The Labute approximate surface area is 170 Å². The summed E-state index contributed by atoms with van der Waals surface area (Å²) in [6.45, 7) is 4.42. The van der Waals surface area contributed by atoms with Gasteiger partial charge in [-0.05, 0) is 57.0 Å². The second kappa shape index (κ2) is 8.85. The molecule has 1 fully saturated rings. The standard InChI is InChI=1S/C21H26N2O2S2/c1-14-8-7-9-15(2)23(14)21(26)22-19-18(20(24)25-3)13-17(27-19)12-16-10-5-4-6-11-16/h4-6,10-11,13-15H,7-9,12H2,1-3H3,(H,22,26). The van der Waals surface area contributed by atoms with Gasteiger partial charge in [-0.3, -0.25) is 0 Å². The molecule has 0 aliphatic carbocycles. The van der Waals surface area contributed by atoms with Crippen molar-refractivity contribution in [1.29, 1.82) is 0 Å². The maximum atomic E-state index is 12.3. The summed E-state index contributed by atoms with van der Waals surface area (Å²) in [5.74, 6) is -0.337. The van der Waals surface area contributed by atoms with Crippen molar-refractivity contribution < 1.29 is 9.53 Å². The topological polar surface area (TPSA) is 41.6 Å². The van der Waals surface area contributed by atoms with Crippen LogP contribution in [-0.2, 0) is 11.2 Å². The zero-order valence-corrected chi connectivity index (χ0v) is 17.7. The van der Waals surface area contributed by atoms with E-state index >= 15 is 0 Å². The predicted octanol–water partition coefficient (Wildman–Crippen LogP) is 5.09. The molecule has 1 aliphatic heterocycles. The van der Waals surface area contributed by atoms with E-state index in [9.17, 15) is 4.79 Å². The van der Waals surface area contributed by atoms with Crippen molar-refractivity contribution in [2.45, 2.75) is 51.6 Å². The molecule has 1 aliphatic rings. The van der Waals surface area contributed by atoms with Crippen LogP contribution in [0, 0.1) is 0 Å². The van der Waals surface area contributed by atoms with Crippen LogP contribution in [0.5, 0.6) is 0 Å². The number of benzene rings is 1. The number of carbonyl (C=O) groups is 1. The summed E-state index contributed by atoms with van der Waals surface area (Å²) in [7, 11) is 1.41. The molecule has 2 atom stereocenters. The van der Waals surface area contributed by atoms with Crippen LogP contribution >= 0.6 is 23.6 Å². The van der Waals surface area contributed by atoms with Crippen molar-refractivity contribution in [2.75, 3.05) is 12.4 Å². The third-order valence-corrected chi connectivity index (χ3v) is 6.42. The molecule has 2 aromatic rings. The molecule has 3 rings (SSSR count). The number of thiocarbonyl (C=S) groups is 1. The van der Waals surface area contributed by atoms with E-state index in [2.05, 4.69) is 36.2 Å². The van der Waals surface area contributed by atoms with E-state index in [1.165, 1.54) is 19.1 Å². The Bertz CT molecular complexity index is 794. The first-order chi connectivity index (χ1) is 13.0. The fraction of sp³-hybridized carbons (Fsp3) is 0.429. The van der Waals surface area contributed by atoms with Gasteiger partial charge in [0.15, 0.2) is 5.11 Å². The average molecular weight is 403 g/mol. The maximum Gasteiger partial charge on any atom is 0.340 e. The van der Waals surface area contributed by atoms with Crippen LogP contribution in [0.1, 0.15) is 53.9 Å². The van der Waals surface area contributed by atoms with Crippen molar-refractivity contribution in [3.8, 4) is 0 Å². The Hall–Kier alpha value is -1.92. The van der Waals surface area contributed by atoms with Crippen LogP contribution in [0.25, 0.3) is 0 Å². The summed E-state index contributed by atoms with van der Waals surface area (Å²) in [5.41, 5.74) is 1.76. The minimum absolute atomic E-state index is 0.337. The predicted molar refractivity (Wildman–Crippen MR) is 116 cm³/mol. The van der Waals surface area contributed by atoms with Gasteiger partial charge in [-0.15, -0.1) is 11.3 Å². The summed E-state index contributed by atoms with van der Waals surface area (Å²) in [5, 5.41) is 4.79. The average Bonchev–Trinajstić information content (AvgIpc) is 3.04. The lowest BCUT2D eigenvalue weighted by Gasteiger charge is -2.40. The highest BCUT2D eigenvalue weighted by atomic mass is 32.1. The molecule has 27 heavy (non-hydrogen) atoms. The van der Waals surface area contributed by atoms with Crippen LogP contribution in [-0.4, -0.2) is 35.2 Å². The number of hydrogen-bond donors (Lipinski definition) is 1. The van der Waals surface area contributed by atoms with Crippen LogP contribution in [0.3, 0.4) is 0 Å². The molecule has 4 nitrogen and oxygen atoms in total. The van der Waals surface area contributed by atoms with Crippen molar-refractivity contribution in [3.05, 3.63) is 52.4 Å². The number of esters is 1. The van der Waals surface area contributed by atoms with Crippen molar-refractivity contribution in [2.24, 2.45) is 0 Å². The van der Waals surface area contributed by atoms with E-state index in [4.69, 9.17) is 17.0 Å². The van der Waals surface area contributed by atoms with Gasteiger partial charge in [0.2, 0.25) is 0 Å². The number of hydrogen-bond acceptors (Lipinski definition) is 4. The van der Waals surface area contributed by atoms with E-state index in [1.807, 2.05) is 24.3 Å². The Balaban J connectivity index is 1.82. The number of thiophene rings is 1. The monoisotopic (exact) mass is 402 g/mol. The lowest BCUT2D eigenvalue weighted by molar-refractivity contribution is 0.0602. The van der Waals surface area contributed by atoms with Gasteiger partial charge < -0.3 is 15.0 Å². The highest BCUT2D eigenvalue weighted by Crippen LogP contribution is 2.32. The molecule has 6 heteroatoms. The molecule has 1 saturated heterocycles. The second-order valence-electron chi connectivity index (χ2n) is 7.08. The number of likely N-dealkylation sites (tertiary alicyclic amines) is 1. The van der Waals surface area contributed by atoms with Crippen molar-refractivity contribution >= 4 is 39.6 Å². The third kappa shape index (κ3) is 4.68. The lowest BCUT2D eigenvalue weighted by Crippen LogP contribution is -2.49. The molecule has 2 unspecified atom stereocenters. The van der Waals surface area contributed by atoms with Crippen LogP contribution in [0.2, 0.25) is 0 Å². The summed E-state index contributed by atoms with van der Waals surface area (Å²) in [4.78, 5) is 15.6. The molecule has 1 aromatic carbocycles. The van der Waals surface area contributed by atoms with E-state index in [1.54, 1.807) is 11.3 Å². The number of nitrogens with zero attached hydrogens (tertiary/aromatic N) is 1. The lowest BCUT2D eigenvalue weighted by atomic mass is 9.98. The Morgan fingerprint density at radius 3 is 2.56 bits per heavy atom. The molecule has 144 valence electrons. The molecule has 1 aromatic heterocycles. The van der Waals surface area contributed by atoms with Gasteiger partial charge in [-0.25, -0.2) is 4.79 Å². The van der Waals surface area contributed by atoms with E-state index in [0.29, 0.717) is 22.8 Å². The third-order valence-electron chi connectivity index (χ3n) is 5.06. The fourth-order valence-electron chi connectivity index (χ4n) is 3.66. The second-order valence-corrected chi connectivity index (χ2v) is 8.60. The molecular formula is C21H26N2O2S2. The van der Waals surface area contributed by atoms with E-state index in [0.717, 1.165) is 29.1 Å². The molecular weight excluding hydrogens is 376 g/mol. The van der Waals surface area contributed by atoms with Crippen molar-refractivity contribution in [3.63, 3.8) is 0 Å². The minimum atomic E-state index is -0.337. The van der Waals surface area contributed by atoms with Crippen LogP contribution in [0.15, 0.2) is 36.4 Å². The molecule has 1 N–H and O–H groups in total. The van der Waals surface area contributed by atoms with Gasteiger partial charge >= 0.3 is 5.97 Å². The molecule has 0 bridgehead atoms. The van der Waals surface area contributed by atoms with Crippen LogP contribution in [0.4, 0.5) is 5.00 Å². The van der Waals surface area contributed by atoms with Gasteiger partial charge in [0.05, 0.1) is 12.7 Å². The summed E-state index contributed by atoms with van der Waals surface area (Å²) < 4.78 is 4.98. The number of ether oxygens (including phenoxy) is 1. The number of piperidine rings is 1. The Kier molecular flexibility index (Phi) is 6.50. The van der Waals surface area contributed by atoms with Gasteiger partial charge in [0.1, 0.15) is 5.00 Å². The highest BCUT2D eigenvalue weighted by Gasteiger charge is 2.28. The van der Waals surface area contributed by atoms with E-state index in [-0.39, 0.29) is 5.97 Å². The van der Waals surface area contributed by atoms with E-state index < -0.39 is 0 Å². The van der Waals surface area contributed by atoms with Gasteiger partial charge in [0.25, 0.3) is 0 Å². The zero-order chi connectivity index (χ0) is 19.4. The molecule has 2 heterocycles.